The largest absolute Gasteiger partial charge is 0.466 e. The van der Waals surface area contributed by atoms with Crippen molar-refractivity contribution in [2.24, 2.45) is 0 Å². The van der Waals surface area contributed by atoms with Crippen molar-refractivity contribution in [1.29, 1.82) is 0 Å². The standard InChI is InChI=1S/C16H21FN2O4/c1-2-22-15(20)9-13(11-3-5-12(17)6-4-11)19-16(21)14-10-18-7-8-23-14/h3-6,13-14,18H,2,7-10H2,1H3,(H,19,21). The normalized spacial score (nSPS) is 19.0. The zero-order valence-corrected chi connectivity index (χ0v) is 13.0. The first-order valence-electron chi connectivity index (χ1n) is 7.64. The van der Waals surface area contributed by atoms with E-state index in [2.05, 4.69) is 10.6 Å². The molecule has 1 aromatic rings. The number of amides is 1. The van der Waals surface area contributed by atoms with Crippen LogP contribution in [0.5, 0.6) is 0 Å². The van der Waals surface area contributed by atoms with E-state index in [-0.39, 0.29) is 24.8 Å². The summed E-state index contributed by atoms with van der Waals surface area (Å²) in [7, 11) is 0. The van der Waals surface area contributed by atoms with Gasteiger partial charge in [-0.15, -0.1) is 0 Å². The number of esters is 1. The molecule has 7 heteroatoms. The molecule has 2 N–H and O–H groups in total. The van der Waals surface area contributed by atoms with Crippen LogP contribution in [0, 0.1) is 5.82 Å². The second kappa shape index (κ2) is 8.59. The molecule has 1 amide bonds. The molecule has 1 aliphatic rings. The maximum atomic E-state index is 13.1. The number of ether oxygens (including phenoxy) is 2. The van der Waals surface area contributed by atoms with Crippen LogP contribution in [-0.2, 0) is 19.1 Å². The predicted molar refractivity (Wildman–Crippen MR) is 81.1 cm³/mol. The van der Waals surface area contributed by atoms with E-state index >= 15 is 0 Å². The lowest BCUT2D eigenvalue weighted by molar-refractivity contribution is -0.144. The molecule has 2 rings (SSSR count). The lowest BCUT2D eigenvalue weighted by atomic mass is 10.0. The van der Waals surface area contributed by atoms with Gasteiger partial charge >= 0.3 is 5.97 Å². The van der Waals surface area contributed by atoms with Crippen LogP contribution in [0.25, 0.3) is 0 Å². The molecule has 6 nitrogen and oxygen atoms in total. The number of rotatable bonds is 6. The Balaban J connectivity index is 2.07. The molecule has 1 heterocycles. The Morgan fingerprint density at radius 3 is 2.78 bits per heavy atom. The third-order valence-corrected chi connectivity index (χ3v) is 3.49. The topological polar surface area (TPSA) is 76.7 Å². The van der Waals surface area contributed by atoms with Crippen LogP contribution in [0.4, 0.5) is 4.39 Å². The Kier molecular flexibility index (Phi) is 6.49. The highest BCUT2D eigenvalue weighted by atomic mass is 19.1. The molecule has 0 saturated carbocycles. The van der Waals surface area contributed by atoms with Crippen LogP contribution in [0.1, 0.15) is 24.9 Å². The first kappa shape index (κ1) is 17.4. The minimum atomic E-state index is -0.603. The quantitative estimate of drug-likeness (QED) is 0.761. The fraction of sp³-hybridized carbons (Fsp3) is 0.500. The van der Waals surface area contributed by atoms with Crippen LogP contribution < -0.4 is 10.6 Å². The van der Waals surface area contributed by atoms with E-state index in [0.29, 0.717) is 25.3 Å². The minimum absolute atomic E-state index is 0.0225. The summed E-state index contributed by atoms with van der Waals surface area (Å²) in [4.78, 5) is 24.0. The lowest BCUT2D eigenvalue weighted by Crippen LogP contribution is -2.48. The highest BCUT2D eigenvalue weighted by Gasteiger charge is 2.26. The maximum absolute atomic E-state index is 13.1. The third kappa shape index (κ3) is 5.30. The van der Waals surface area contributed by atoms with Gasteiger partial charge in [-0.3, -0.25) is 9.59 Å². The second-order valence-corrected chi connectivity index (χ2v) is 5.19. The van der Waals surface area contributed by atoms with Gasteiger partial charge in [0.15, 0.2) is 0 Å². The van der Waals surface area contributed by atoms with Crippen molar-refractivity contribution in [3.63, 3.8) is 0 Å². The summed E-state index contributed by atoms with van der Waals surface area (Å²) < 4.78 is 23.4. The van der Waals surface area contributed by atoms with Gasteiger partial charge in [-0.25, -0.2) is 4.39 Å². The van der Waals surface area contributed by atoms with Gasteiger partial charge in [0.1, 0.15) is 11.9 Å². The molecule has 0 bridgehead atoms. The van der Waals surface area contributed by atoms with Crippen LogP contribution in [-0.4, -0.2) is 44.3 Å². The molecule has 0 aliphatic carbocycles. The summed E-state index contributed by atoms with van der Waals surface area (Å²) in [5.74, 6) is -1.12. The Morgan fingerprint density at radius 2 is 2.17 bits per heavy atom. The number of halogens is 1. The summed E-state index contributed by atoms with van der Waals surface area (Å²) in [5, 5.41) is 5.85. The number of benzene rings is 1. The first-order valence-corrected chi connectivity index (χ1v) is 7.64. The van der Waals surface area contributed by atoms with Crippen molar-refractivity contribution in [3.8, 4) is 0 Å². The van der Waals surface area contributed by atoms with Crippen molar-refractivity contribution in [1.82, 2.24) is 10.6 Å². The van der Waals surface area contributed by atoms with Gasteiger partial charge in [0.05, 0.1) is 25.7 Å². The van der Waals surface area contributed by atoms with Crippen LogP contribution in [0.3, 0.4) is 0 Å². The molecule has 0 radical (unpaired) electrons. The summed E-state index contributed by atoms with van der Waals surface area (Å²) >= 11 is 0. The Morgan fingerprint density at radius 1 is 1.43 bits per heavy atom. The Bertz CT molecular complexity index is 529. The summed E-state index contributed by atoms with van der Waals surface area (Å²) in [6.07, 6.45) is -0.625. The lowest BCUT2D eigenvalue weighted by Gasteiger charge is -2.26. The van der Waals surface area contributed by atoms with Gasteiger partial charge in [-0.2, -0.15) is 0 Å². The number of nitrogens with one attached hydrogen (secondary N) is 2. The van der Waals surface area contributed by atoms with E-state index in [0.717, 1.165) is 0 Å². The van der Waals surface area contributed by atoms with Crippen molar-refractivity contribution < 1.29 is 23.5 Å². The highest BCUT2D eigenvalue weighted by Crippen LogP contribution is 2.18. The van der Waals surface area contributed by atoms with Crippen molar-refractivity contribution in [2.45, 2.75) is 25.5 Å². The van der Waals surface area contributed by atoms with Gasteiger partial charge < -0.3 is 20.1 Å². The highest BCUT2D eigenvalue weighted by molar-refractivity contribution is 5.82. The van der Waals surface area contributed by atoms with Gasteiger partial charge in [-0.1, -0.05) is 12.1 Å². The zero-order chi connectivity index (χ0) is 16.7. The average molecular weight is 324 g/mol. The third-order valence-electron chi connectivity index (χ3n) is 3.49. The van der Waals surface area contributed by atoms with E-state index in [9.17, 15) is 14.0 Å². The first-order chi connectivity index (χ1) is 11.1. The predicted octanol–water partition coefficient (Wildman–Crippen LogP) is 0.925. The fourth-order valence-corrected chi connectivity index (χ4v) is 2.33. The molecule has 1 aromatic carbocycles. The van der Waals surface area contributed by atoms with Gasteiger partial charge in [-0.05, 0) is 24.6 Å². The van der Waals surface area contributed by atoms with Crippen LogP contribution in [0.2, 0.25) is 0 Å². The molecule has 1 fully saturated rings. The monoisotopic (exact) mass is 324 g/mol. The fourth-order valence-electron chi connectivity index (χ4n) is 2.33. The van der Waals surface area contributed by atoms with Gasteiger partial charge in [0, 0.05) is 13.1 Å². The van der Waals surface area contributed by atoms with E-state index < -0.39 is 18.1 Å². The molecule has 2 unspecified atom stereocenters. The number of carbonyl (C=O) groups is 2. The number of carbonyl (C=O) groups excluding carboxylic acids is 2. The summed E-state index contributed by atoms with van der Waals surface area (Å²) in [6.45, 7) is 3.55. The average Bonchev–Trinajstić information content (AvgIpc) is 2.56. The van der Waals surface area contributed by atoms with Gasteiger partial charge in [0.25, 0.3) is 5.91 Å². The SMILES string of the molecule is CCOC(=O)CC(NC(=O)C1CNCCO1)c1ccc(F)cc1. The molecule has 0 spiro atoms. The molecule has 1 saturated heterocycles. The van der Waals surface area contributed by atoms with E-state index in [1.54, 1.807) is 19.1 Å². The Hall–Kier alpha value is -1.99. The number of hydrogen-bond donors (Lipinski definition) is 2. The maximum Gasteiger partial charge on any atom is 0.308 e. The molecular weight excluding hydrogens is 303 g/mol. The van der Waals surface area contributed by atoms with Crippen molar-refractivity contribution >= 4 is 11.9 Å². The molecule has 2 atom stereocenters. The summed E-state index contributed by atoms with van der Waals surface area (Å²) in [5.41, 5.74) is 0.636. The molecule has 0 aromatic heterocycles. The Labute approximate surface area is 134 Å². The van der Waals surface area contributed by atoms with Crippen LogP contribution in [0.15, 0.2) is 24.3 Å². The zero-order valence-electron chi connectivity index (χ0n) is 13.0. The minimum Gasteiger partial charge on any atom is -0.466 e. The van der Waals surface area contributed by atoms with E-state index in [1.165, 1.54) is 12.1 Å². The van der Waals surface area contributed by atoms with Gasteiger partial charge in [0.2, 0.25) is 0 Å². The second-order valence-electron chi connectivity index (χ2n) is 5.19. The summed E-state index contributed by atoms with van der Waals surface area (Å²) in [6, 6.07) is 5.07. The van der Waals surface area contributed by atoms with E-state index in [4.69, 9.17) is 9.47 Å². The smallest absolute Gasteiger partial charge is 0.308 e. The van der Waals surface area contributed by atoms with E-state index in [1.807, 2.05) is 0 Å². The molecule has 1 aliphatic heterocycles. The molecule has 23 heavy (non-hydrogen) atoms. The number of hydrogen-bond acceptors (Lipinski definition) is 5. The molecular formula is C16H21FN2O4. The van der Waals surface area contributed by atoms with Crippen molar-refractivity contribution in [2.75, 3.05) is 26.3 Å². The van der Waals surface area contributed by atoms with Crippen molar-refractivity contribution in [3.05, 3.63) is 35.6 Å². The number of morpholine rings is 1. The molecule has 126 valence electrons. The van der Waals surface area contributed by atoms with Crippen LogP contribution >= 0.6 is 0 Å².